The van der Waals surface area contributed by atoms with E-state index in [1.54, 1.807) is 0 Å². The molecule has 1 heterocycles. The largest absolute Gasteiger partial charge is 0.441 e. The number of halogens is 3. The maximum absolute atomic E-state index is 11.8. The van der Waals surface area contributed by atoms with Crippen LogP contribution in [0.25, 0.3) is 0 Å². The first-order chi connectivity index (χ1) is 7.88. The Morgan fingerprint density at radius 2 is 2.18 bits per heavy atom. The van der Waals surface area contributed by atoms with E-state index in [0.29, 0.717) is 5.69 Å². The first-order valence-corrected chi connectivity index (χ1v) is 5.57. The number of alkyl halides is 3. The van der Waals surface area contributed by atoms with Crippen molar-refractivity contribution >= 4 is 23.4 Å². The molecule has 1 aromatic rings. The molecule has 0 saturated carbocycles. The first kappa shape index (κ1) is 13.6. The predicted molar refractivity (Wildman–Crippen MR) is 59.5 cm³/mol. The molecule has 0 aromatic carbocycles. The van der Waals surface area contributed by atoms with Gasteiger partial charge in [-0.3, -0.25) is 4.79 Å². The zero-order valence-corrected chi connectivity index (χ0v) is 9.44. The average Bonchev–Trinajstić information content (AvgIpc) is 2.24. The van der Waals surface area contributed by atoms with E-state index in [2.05, 4.69) is 10.3 Å². The van der Waals surface area contributed by atoms with Crippen LogP contribution in [0.5, 0.6) is 0 Å². The standard InChI is InChI=1S/C9H10F3N3OS/c10-9(11,12)17-4-3-14-8(16)7-2-1-6(13)5-15-7/h1-2,5H,3-4,13H2,(H,14,16). The molecule has 0 atom stereocenters. The fourth-order valence-electron chi connectivity index (χ4n) is 0.961. The van der Waals surface area contributed by atoms with Crippen LogP contribution in [0.4, 0.5) is 18.9 Å². The molecular formula is C9H10F3N3OS. The predicted octanol–water partition coefficient (Wildman–Crippen LogP) is 1.65. The quantitative estimate of drug-likeness (QED) is 0.812. The normalized spacial score (nSPS) is 11.2. The van der Waals surface area contributed by atoms with E-state index in [1.807, 2.05) is 0 Å². The molecular weight excluding hydrogens is 255 g/mol. The summed E-state index contributed by atoms with van der Waals surface area (Å²) in [5.41, 5.74) is 1.63. The molecule has 0 aliphatic carbocycles. The van der Waals surface area contributed by atoms with Gasteiger partial charge in [0.15, 0.2) is 0 Å². The second-order valence-electron chi connectivity index (χ2n) is 3.03. The number of thioether (sulfide) groups is 1. The molecule has 0 unspecified atom stereocenters. The summed E-state index contributed by atoms with van der Waals surface area (Å²) in [6.07, 6.45) is 1.30. The van der Waals surface area contributed by atoms with Crippen molar-refractivity contribution in [3.8, 4) is 0 Å². The number of aromatic nitrogens is 1. The first-order valence-electron chi connectivity index (χ1n) is 4.59. The molecule has 0 bridgehead atoms. The summed E-state index contributed by atoms with van der Waals surface area (Å²) < 4.78 is 35.3. The highest BCUT2D eigenvalue weighted by Gasteiger charge is 2.27. The SMILES string of the molecule is Nc1ccc(C(=O)NCCSC(F)(F)F)nc1. The Kier molecular flexibility index (Phi) is 4.62. The summed E-state index contributed by atoms with van der Waals surface area (Å²) in [7, 11) is 0. The lowest BCUT2D eigenvalue weighted by molar-refractivity contribution is -0.0327. The van der Waals surface area contributed by atoms with Crippen molar-refractivity contribution < 1.29 is 18.0 Å². The molecule has 0 saturated heterocycles. The molecule has 1 amide bonds. The molecule has 0 aliphatic heterocycles. The monoisotopic (exact) mass is 265 g/mol. The van der Waals surface area contributed by atoms with Crippen molar-refractivity contribution in [2.75, 3.05) is 18.0 Å². The van der Waals surface area contributed by atoms with Gasteiger partial charge in [-0.2, -0.15) is 13.2 Å². The zero-order chi connectivity index (χ0) is 12.9. The van der Waals surface area contributed by atoms with Gasteiger partial charge in [0, 0.05) is 12.3 Å². The molecule has 17 heavy (non-hydrogen) atoms. The van der Waals surface area contributed by atoms with Crippen LogP contribution in [0.1, 0.15) is 10.5 Å². The van der Waals surface area contributed by atoms with E-state index in [9.17, 15) is 18.0 Å². The van der Waals surface area contributed by atoms with E-state index in [-0.39, 0.29) is 29.8 Å². The van der Waals surface area contributed by atoms with Crippen LogP contribution in [-0.2, 0) is 0 Å². The van der Waals surface area contributed by atoms with Crippen molar-refractivity contribution in [3.63, 3.8) is 0 Å². The minimum absolute atomic E-state index is 0.0743. The second-order valence-corrected chi connectivity index (χ2v) is 4.19. The lowest BCUT2D eigenvalue weighted by atomic mass is 10.3. The molecule has 8 heteroatoms. The number of hydrogen-bond donors (Lipinski definition) is 2. The highest BCUT2D eigenvalue weighted by molar-refractivity contribution is 8.00. The van der Waals surface area contributed by atoms with Crippen LogP contribution in [0.15, 0.2) is 18.3 Å². The molecule has 0 radical (unpaired) electrons. The third-order valence-electron chi connectivity index (χ3n) is 1.67. The molecule has 0 aliphatic rings. The average molecular weight is 265 g/mol. The summed E-state index contributed by atoms with van der Waals surface area (Å²) in [6.45, 7) is -0.0743. The number of amides is 1. The van der Waals surface area contributed by atoms with Crippen LogP contribution >= 0.6 is 11.8 Å². The molecule has 1 aromatic heterocycles. The highest BCUT2D eigenvalue weighted by atomic mass is 32.2. The van der Waals surface area contributed by atoms with Crippen LogP contribution < -0.4 is 11.1 Å². The Labute approximate surface area is 99.8 Å². The Morgan fingerprint density at radius 1 is 1.47 bits per heavy atom. The number of carbonyl (C=O) groups is 1. The van der Waals surface area contributed by atoms with Crippen molar-refractivity contribution in [1.82, 2.24) is 10.3 Å². The van der Waals surface area contributed by atoms with Gasteiger partial charge in [-0.25, -0.2) is 4.98 Å². The number of pyridine rings is 1. The second kappa shape index (κ2) is 5.76. The van der Waals surface area contributed by atoms with Crippen LogP contribution in [0.2, 0.25) is 0 Å². The van der Waals surface area contributed by atoms with Gasteiger partial charge >= 0.3 is 5.51 Å². The van der Waals surface area contributed by atoms with E-state index < -0.39 is 11.4 Å². The van der Waals surface area contributed by atoms with E-state index in [4.69, 9.17) is 5.73 Å². The van der Waals surface area contributed by atoms with Gasteiger partial charge in [0.1, 0.15) is 5.69 Å². The van der Waals surface area contributed by atoms with Gasteiger partial charge in [-0.1, -0.05) is 0 Å². The van der Waals surface area contributed by atoms with Gasteiger partial charge in [-0.15, -0.1) is 0 Å². The maximum Gasteiger partial charge on any atom is 0.441 e. The van der Waals surface area contributed by atoms with Crippen molar-refractivity contribution in [1.29, 1.82) is 0 Å². The third-order valence-corrected chi connectivity index (χ3v) is 2.41. The maximum atomic E-state index is 11.8. The number of nitrogen functional groups attached to an aromatic ring is 1. The summed E-state index contributed by atoms with van der Waals surface area (Å²) >= 11 is -0.182. The molecule has 3 N–H and O–H groups in total. The Morgan fingerprint density at radius 3 is 2.71 bits per heavy atom. The zero-order valence-electron chi connectivity index (χ0n) is 8.62. The molecule has 0 spiro atoms. The summed E-state index contributed by atoms with van der Waals surface area (Å²) in [4.78, 5) is 15.1. The number of hydrogen-bond acceptors (Lipinski definition) is 4. The van der Waals surface area contributed by atoms with Crippen LogP contribution in [0.3, 0.4) is 0 Å². The third kappa shape index (κ3) is 5.43. The summed E-state index contributed by atoms with van der Waals surface area (Å²) in [5.74, 6) is -0.753. The van der Waals surface area contributed by atoms with Gasteiger partial charge in [0.05, 0.1) is 11.9 Å². The van der Waals surface area contributed by atoms with Crippen molar-refractivity contribution in [2.24, 2.45) is 0 Å². The van der Waals surface area contributed by atoms with Gasteiger partial charge in [0.25, 0.3) is 5.91 Å². The Bertz CT molecular complexity index is 380. The smallest absolute Gasteiger partial charge is 0.397 e. The minimum atomic E-state index is -4.27. The molecule has 0 fully saturated rings. The lowest BCUT2D eigenvalue weighted by Gasteiger charge is -2.06. The fraction of sp³-hybridized carbons (Fsp3) is 0.333. The molecule has 1 rings (SSSR count). The van der Waals surface area contributed by atoms with Gasteiger partial charge < -0.3 is 11.1 Å². The van der Waals surface area contributed by atoms with Gasteiger partial charge in [0.2, 0.25) is 0 Å². The Balaban J connectivity index is 2.33. The topological polar surface area (TPSA) is 68.0 Å². The molecule has 94 valence electrons. The Hall–Kier alpha value is -1.44. The summed E-state index contributed by atoms with van der Waals surface area (Å²) in [5, 5.41) is 2.33. The minimum Gasteiger partial charge on any atom is -0.397 e. The van der Waals surface area contributed by atoms with Crippen LogP contribution in [0, 0.1) is 0 Å². The fourth-order valence-corrected chi connectivity index (χ4v) is 1.40. The number of nitrogens with two attached hydrogens (primary N) is 1. The number of rotatable bonds is 4. The number of nitrogens with one attached hydrogen (secondary N) is 1. The van der Waals surface area contributed by atoms with Gasteiger partial charge in [-0.05, 0) is 23.9 Å². The number of nitrogens with zero attached hydrogens (tertiary/aromatic N) is 1. The van der Waals surface area contributed by atoms with E-state index in [0.717, 1.165) is 0 Å². The van der Waals surface area contributed by atoms with Crippen LogP contribution in [-0.4, -0.2) is 28.7 Å². The van der Waals surface area contributed by atoms with Crippen molar-refractivity contribution in [3.05, 3.63) is 24.0 Å². The highest BCUT2D eigenvalue weighted by Crippen LogP contribution is 2.29. The lowest BCUT2D eigenvalue weighted by Crippen LogP contribution is -2.27. The number of carbonyl (C=O) groups excluding carboxylic acids is 1. The summed E-state index contributed by atoms with van der Waals surface area (Å²) in [6, 6.07) is 2.90. The van der Waals surface area contributed by atoms with Crippen molar-refractivity contribution in [2.45, 2.75) is 5.51 Å². The van der Waals surface area contributed by atoms with E-state index >= 15 is 0 Å². The number of anilines is 1. The molecule has 4 nitrogen and oxygen atoms in total. The van der Waals surface area contributed by atoms with E-state index in [1.165, 1.54) is 18.3 Å².